The van der Waals surface area contributed by atoms with Crippen LogP contribution in [0.4, 0.5) is 10.8 Å². The van der Waals surface area contributed by atoms with Gasteiger partial charge in [0, 0.05) is 25.1 Å². The van der Waals surface area contributed by atoms with E-state index in [2.05, 4.69) is 16.3 Å². The Balaban J connectivity index is 1.52. The van der Waals surface area contributed by atoms with Crippen molar-refractivity contribution in [3.05, 3.63) is 58.5 Å². The lowest BCUT2D eigenvalue weighted by Gasteiger charge is -2.20. The minimum absolute atomic E-state index is 0.0612. The maximum Gasteiger partial charge on any atom is 0.230 e. The number of thiazole rings is 1. The molecule has 1 aromatic carbocycles. The first-order valence-electron chi connectivity index (χ1n) is 9.74. The van der Waals surface area contributed by atoms with E-state index in [0.29, 0.717) is 10.9 Å². The van der Waals surface area contributed by atoms with Gasteiger partial charge in [0.1, 0.15) is 5.76 Å². The Labute approximate surface area is 189 Å². The second-order valence-corrected chi connectivity index (χ2v) is 9.09. The van der Waals surface area contributed by atoms with E-state index in [1.165, 1.54) is 11.3 Å². The van der Waals surface area contributed by atoms with Crippen LogP contribution in [0, 0.1) is 20.8 Å². The Hall–Kier alpha value is -2.91. The lowest BCUT2D eigenvalue weighted by atomic mass is 10.1. The molecule has 31 heavy (non-hydrogen) atoms. The molecular weight excluding hydrogens is 430 g/mol. The van der Waals surface area contributed by atoms with Gasteiger partial charge in [-0.25, -0.2) is 4.98 Å². The molecule has 0 atom stereocenters. The normalized spacial score (nSPS) is 11.1. The van der Waals surface area contributed by atoms with Gasteiger partial charge in [0.05, 0.1) is 23.2 Å². The number of carbonyl (C=O) groups excluding carboxylic acids is 1. The SMILES string of the molecule is CC(=O)N(c1nc(CSc2nnc(-c3ccoc3C)n2C)cs1)c1ccc(C)cc1C. The smallest absolute Gasteiger partial charge is 0.230 e. The first-order chi connectivity index (χ1) is 14.8. The fourth-order valence-corrected chi connectivity index (χ4v) is 5.15. The highest BCUT2D eigenvalue weighted by Crippen LogP contribution is 2.33. The Kier molecular flexibility index (Phi) is 5.97. The number of aryl methyl sites for hydroxylation is 3. The summed E-state index contributed by atoms with van der Waals surface area (Å²) in [5.74, 6) is 2.15. The molecule has 0 radical (unpaired) electrons. The number of benzene rings is 1. The summed E-state index contributed by atoms with van der Waals surface area (Å²) in [6.07, 6.45) is 1.65. The van der Waals surface area contributed by atoms with Gasteiger partial charge in [-0.3, -0.25) is 9.69 Å². The molecule has 9 heteroatoms. The summed E-state index contributed by atoms with van der Waals surface area (Å²) in [6.45, 7) is 7.52. The van der Waals surface area contributed by atoms with Gasteiger partial charge >= 0.3 is 0 Å². The highest BCUT2D eigenvalue weighted by Gasteiger charge is 2.20. The molecule has 3 aromatic heterocycles. The zero-order chi connectivity index (χ0) is 22.1. The van der Waals surface area contributed by atoms with Crippen molar-refractivity contribution in [2.45, 2.75) is 38.6 Å². The van der Waals surface area contributed by atoms with Gasteiger partial charge in [-0.05, 0) is 38.5 Å². The number of carbonyl (C=O) groups is 1. The van der Waals surface area contributed by atoms with Crippen LogP contribution in [0.1, 0.15) is 29.5 Å². The summed E-state index contributed by atoms with van der Waals surface area (Å²) in [6, 6.07) is 7.95. The molecule has 0 N–H and O–H groups in total. The van der Waals surface area contributed by atoms with E-state index in [4.69, 9.17) is 9.40 Å². The van der Waals surface area contributed by atoms with E-state index >= 15 is 0 Å². The van der Waals surface area contributed by atoms with Crippen molar-refractivity contribution >= 4 is 39.8 Å². The van der Waals surface area contributed by atoms with Crippen LogP contribution in [0.25, 0.3) is 11.4 Å². The lowest BCUT2D eigenvalue weighted by molar-refractivity contribution is -0.115. The van der Waals surface area contributed by atoms with Crippen LogP contribution in [-0.4, -0.2) is 25.7 Å². The highest BCUT2D eigenvalue weighted by molar-refractivity contribution is 7.98. The molecule has 0 aliphatic heterocycles. The van der Waals surface area contributed by atoms with Gasteiger partial charge in [-0.2, -0.15) is 0 Å². The minimum Gasteiger partial charge on any atom is -0.469 e. The molecule has 0 saturated carbocycles. The molecule has 0 aliphatic carbocycles. The Morgan fingerprint density at radius 3 is 2.71 bits per heavy atom. The maximum atomic E-state index is 12.4. The molecule has 1 amide bonds. The third-order valence-corrected chi connectivity index (χ3v) is 6.85. The van der Waals surface area contributed by atoms with Gasteiger partial charge in [0.2, 0.25) is 5.91 Å². The number of amides is 1. The molecule has 3 heterocycles. The highest BCUT2D eigenvalue weighted by atomic mass is 32.2. The lowest BCUT2D eigenvalue weighted by Crippen LogP contribution is -2.23. The van der Waals surface area contributed by atoms with Crippen molar-refractivity contribution in [1.82, 2.24) is 19.7 Å². The van der Waals surface area contributed by atoms with Crippen molar-refractivity contribution in [3.8, 4) is 11.4 Å². The number of furan rings is 1. The number of hydrogen-bond acceptors (Lipinski definition) is 7. The second kappa shape index (κ2) is 8.68. The third kappa shape index (κ3) is 4.28. The number of nitrogens with zero attached hydrogens (tertiary/aromatic N) is 5. The monoisotopic (exact) mass is 453 g/mol. The quantitative estimate of drug-likeness (QED) is 0.362. The number of hydrogen-bond donors (Lipinski definition) is 0. The standard InChI is InChI=1S/C22H23N5O2S2/c1-13-6-7-19(14(2)10-13)27(16(4)28)21-23-17(11-30-21)12-31-22-25-24-20(26(22)5)18-8-9-29-15(18)3/h6-11H,12H2,1-5H3. The zero-order valence-electron chi connectivity index (χ0n) is 18.0. The van der Waals surface area contributed by atoms with Crippen molar-refractivity contribution in [1.29, 1.82) is 0 Å². The molecular formula is C22H23N5O2S2. The average Bonchev–Trinajstić information content (AvgIpc) is 3.43. The summed E-state index contributed by atoms with van der Waals surface area (Å²) < 4.78 is 7.33. The van der Waals surface area contributed by atoms with Crippen molar-refractivity contribution in [3.63, 3.8) is 0 Å². The van der Waals surface area contributed by atoms with Gasteiger partial charge in [0.15, 0.2) is 16.1 Å². The summed E-state index contributed by atoms with van der Waals surface area (Å²) in [5.41, 5.74) is 4.89. The molecule has 7 nitrogen and oxygen atoms in total. The fourth-order valence-electron chi connectivity index (χ4n) is 3.36. The van der Waals surface area contributed by atoms with Gasteiger partial charge in [0.25, 0.3) is 0 Å². The van der Waals surface area contributed by atoms with Crippen molar-refractivity contribution in [2.24, 2.45) is 7.05 Å². The van der Waals surface area contributed by atoms with E-state index in [9.17, 15) is 4.79 Å². The summed E-state index contributed by atoms with van der Waals surface area (Å²) >= 11 is 3.02. The van der Waals surface area contributed by atoms with E-state index in [1.807, 2.05) is 56.0 Å². The van der Waals surface area contributed by atoms with Crippen LogP contribution < -0.4 is 4.90 Å². The molecule has 0 saturated heterocycles. The van der Waals surface area contributed by atoms with Crippen LogP contribution in [0.15, 0.2) is 45.5 Å². The number of aromatic nitrogens is 4. The summed E-state index contributed by atoms with van der Waals surface area (Å²) in [5, 5.41) is 12.1. The molecule has 4 aromatic rings. The first kappa shape index (κ1) is 21.3. The molecule has 4 rings (SSSR count). The second-order valence-electron chi connectivity index (χ2n) is 7.31. The average molecular weight is 454 g/mol. The number of anilines is 2. The fraction of sp³-hybridized carbons (Fsp3) is 0.273. The number of rotatable bonds is 6. The predicted octanol–water partition coefficient (Wildman–Crippen LogP) is 5.43. The van der Waals surface area contributed by atoms with E-state index in [1.54, 1.807) is 29.8 Å². The molecule has 160 valence electrons. The van der Waals surface area contributed by atoms with Crippen molar-refractivity contribution < 1.29 is 9.21 Å². The van der Waals surface area contributed by atoms with Crippen LogP contribution in [0.2, 0.25) is 0 Å². The molecule has 0 spiro atoms. The molecule has 0 aliphatic rings. The largest absolute Gasteiger partial charge is 0.469 e. The molecule has 0 bridgehead atoms. The predicted molar refractivity (Wildman–Crippen MR) is 124 cm³/mol. The summed E-state index contributed by atoms with van der Waals surface area (Å²) in [4.78, 5) is 18.8. The number of thioether (sulfide) groups is 1. The Morgan fingerprint density at radius 2 is 2.03 bits per heavy atom. The van der Waals surface area contributed by atoms with Crippen LogP contribution >= 0.6 is 23.1 Å². The van der Waals surface area contributed by atoms with E-state index in [-0.39, 0.29) is 5.91 Å². The topological polar surface area (TPSA) is 77.1 Å². The van der Waals surface area contributed by atoms with E-state index < -0.39 is 0 Å². The zero-order valence-corrected chi connectivity index (χ0v) is 19.7. The van der Waals surface area contributed by atoms with Gasteiger partial charge in [-0.1, -0.05) is 29.5 Å². The van der Waals surface area contributed by atoms with Gasteiger partial charge < -0.3 is 8.98 Å². The molecule has 0 fully saturated rings. The van der Waals surface area contributed by atoms with Crippen molar-refractivity contribution in [2.75, 3.05) is 4.90 Å². The first-order valence-corrected chi connectivity index (χ1v) is 11.6. The van der Waals surface area contributed by atoms with Gasteiger partial charge in [-0.15, -0.1) is 21.5 Å². The molecule has 0 unspecified atom stereocenters. The Morgan fingerprint density at radius 1 is 1.23 bits per heavy atom. The summed E-state index contributed by atoms with van der Waals surface area (Å²) in [7, 11) is 1.94. The van der Waals surface area contributed by atoms with Crippen LogP contribution in [0.5, 0.6) is 0 Å². The third-order valence-electron chi connectivity index (χ3n) is 4.92. The van der Waals surface area contributed by atoms with Crippen LogP contribution in [-0.2, 0) is 17.6 Å². The Bertz CT molecular complexity index is 1240. The minimum atomic E-state index is -0.0612. The maximum absolute atomic E-state index is 12.4. The van der Waals surface area contributed by atoms with E-state index in [0.717, 1.165) is 44.8 Å². The van der Waals surface area contributed by atoms with Crippen LogP contribution in [0.3, 0.4) is 0 Å².